The summed E-state index contributed by atoms with van der Waals surface area (Å²) in [6.07, 6.45) is 4.68. The number of carbonyl (C=O) groups excluding carboxylic acids is 1. The smallest absolute Gasteiger partial charge is 0.237 e. The van der Waals surface area contributed by atoms with Crippen LogP contribution in [0.2, 0.25) is 0 Å². The lowest BCUT2D eigenvalue weighted by molar-refractivity contribution is -0.134. The molecule has 0 aromatic heterocycles. The molecular weight excluding hydrogens is 560 g/mol. The fraction of sp³-hybridized carbons (Fsp3) is 0.567. The van der Waals surface area contributed by atoms with Gasteiger partial charge in [0.1, 0.15) is 0 Å². The summed E-state index contributed by atoms with van der Waals surface area (Å²) in [5, 5.41) is 3.20. The number of hydrogen-bond donors (Lipinski definition) is 1. The third-order valence-electron chi connectivity index (χ3n) is 7.68. The highest BCUT2D eigenvalue weighted by Crippen LogP contribution is 2.15. The molecule has 9 nitrogen and oxygen atoms in total. The predicted octanol–water partition coefficient (Wildman–Crippen LogP) is 2.43. The number of amides is 1. The average Bonchev–Trinajstić information content (AvgIpc) is 2.93. The van der Waals surface area contributed by atoms with E-state index < -0.39 is 19.9 Å². The molecule has 11 heteroatoms. The monoisotopic (exact) mass is 606 g/mol. The van der Waals surface area contributed by atoms with Gasteiger partial charge in [0, 0.05) is 38.5 Å². The van der Waals surface area contributed by atoms with E-state index in [0.717, 1.165) is 44.3 Å². The number of carbonyl (C=O) groups is 1. The first kappa shape index (κ1) is 33.2. The van der Waals surface area contributed by atoms with Crippen LogP contribution in [0.1, 0.15) is 37.8 Å². The van der Waals surface area contributed by atoms with Gasteiger partial charge in [-0.15, -0.1) is 0 Å². The molecule has 1 unspecified atom stereocenters. The molecule has 0 bridgehead atoms. The van der Waals surface area contributed by atoms with E-state index >= 15 is 0 Å². The van der Waals surface area contributed by atoms with Gasteiger partial charge in [0.2, 0.25) is 15.9 Å². The van der Waals surface area contributed by atoms with Gasteiger partial charge in [0.25, 0.3) is 0 Å². The van der Waals surface area contributed by atoms with E-state index in [0.29, 0.717) is 43.7 Å². The average molecular weight is 607 g/mol. The largest absolute Gasteiger partial charge is 0.340 e. The van der Waals surface area contributed by atoms with Gasteiger partial charge in [-0.3, -0.25) is 4.79 Å². The quantitative estimate of drug-likeness (QED) is 0.276. The standard InChI is InChI=1S/C30H46N4O5S2/c1-4-32(26(2)24-28-12-14-29(15-13-28)40(3,36)37)19-8-9-20-33-21-22-34(25-30(33)35)41(38,39)23-18-31-17-16-27-10-6-5-7-11-27/h5-7,10-15,26,31H,4,8-9,16-25H2,1-3H3. The number of nitrogens with zero attached hydrogens (tertiary/aromatic N) is 3. The van der Waals surface area contributed by atoms with Gasteiger partial charge in [0.05, 0.1) is 17.2 Å². The highest BCUT2D eigenvalue weighted by atomic mass is 32.2. The molecule has 0 aliphatic carbocycles. The molecule has 228 valence electrons. The molecule has 1 aliphatic heterocycles. The fourth-order valence-corrected chi connectivity index (χ4v) is 7.10. The molecule has 1 fully saturated rings. The lowest BCUT2D eigenvalue weighted by atomic mass is 10.1. The van der Waals surface area contributed by atoms with E-state index in [2.05, 4.69) is 36.2 Å². The third-order valence-corrected chi connectivity index (χ3v) is 10.6. The summed E-state index contributed by atoms with van der Waals surface area (Å²) in [5.41, 5.74) is 2.31. The number of sulfonamides is 1. The number of unbranched alkanes of at least 4 members (excludes halogenated alkanes) is 1. The number of piperazine rings is 1. The number of rotatable bonds is 17. The Labute approximate surface area is 246 Å². The Morgan fingerprint density at radius 1 is 0.927 bits per heavy atom. The van der Waals surface area contributed by atoms with Crippen molar-refractivity contribution in [3.63, 3.8) is 0 Å². The Morgan fingerprint density at radius 3 is 2.27 bits per heavy atom. The van der Waals surface area contributed by atoms with Crippen molar-refractivity contribution in [1.82, 2.24) is 19.4 Å². The SMILES string of the molecule is CCN(CCCCN1CCN(S(=O)(=O)CCNCCc2ccccc2)CC1=O)C(C)Cc1ccc(S(C)(=O)=O)cc1. The zero-order valence-corrected chi connectivity index (χ0v) is 26.3. The number of hydrogen-bond acceptors (Lipinski definition) is 7. The summed E-state index contributed by atoms with van der Waals surface area (Å²) in [7, 11) is -6.68. The molecule has 1 saturated heterocycles. The first-order valence-electron chi connectivity index (χ1n) is 14.5. The number of benzene rings is 2. The first-order chi connectivity index (χ1) is 19.5. The molecule has 0 spiro atoms. The fourth-order valence-electron chi connectivity index (χ4n) is 5.14. The third kappa shape index (κ3) is 10.8. The van der Waals surface area contributed by atoms with Crippen LogP contribution in [0.5, 0.6) is 0 Å². The second kappa shape index (κ2) is 15.8. The predicted molar refractivity (Wildman–Crippen MR) is 164 cm³/mol. The Kier molecular flexibility index (Phi) is 12.8. The lowest BCUT2D eigenvalue weighted by Gasteiger charge is -2.34. The number of nitrogens with one attached hydrogen (secondary N) is 1. The van der Waals surface area contributed by atoms with Crippen molar-refractivity contribution < 1.29 is 21.6 Å². The van der Waals surface area contributed by atoms with Crippen LogP contribution in [0, 0.1) is 0 Å². The second-order valence-corrected chi connectivity index (χ2v) is 14.9. The van der Waals surface area contributed by atoms with Gasteiger partial charge in [0.15, 0.2) is 9.84 Å². The topological polar surface area (TPSA) is 107 Å². The Hall–Kier alpha value is -2.31. The van der Waals surface area contributed by atoms with E-state index in [-0.39, 0.29) is 18.2 Å². The molecule has 1 atom stereocenters. The van der Waals surface area contributed by atoms with E-state index in [1.54, 1.807) is 17.0 Å². The minimum Gasteiger partial charge on any atom is -0.340 e. The van der Waals surface area contributed by atoms with Crippen molar-refractivity contribution in [3.05, 3.63) is 65.7 Å². The summed E-state index contributed by atoms with van der Waals surface area (Å²) in [6, 6.07) is 17.5. The summed E-state index contributed by atoms with van der Waals surface area (Å²) >= 11 is 0. The zero-order chi connectivity index (χ0) is 29.9. The molecule has 0 radical (unpaired) electrons. The highest BCUT2D eigenvalue weighted by molar-refractivity contribution is 7.90. The molecule has 41 heavy (non-hydrogen) atoms. The summed E-state index contributed by atoms with van der Waals surface area (Å²) in [4.78, 5) is 17.2. The van der Waals surface area contributed by atoms with Crippen LogP contribution < -0.4 is 5.32 Å². The Bertz CT molecular complexity index is 1300. The van der Waals surface area contributed by atoms with Crippen molar-refractivity contribution in [2.24, 2.45) is 0 Å². The van der Waals surface area contributed by atoms with E-state index in [4.69, 9.17) is 0 Å². The second-order valence-electron chi connectivity index (χ2n) is 10.8. The molecule has 1 heterocycles. The van der Waals surface area contributed by atoms with Crippen LogP contribution in [-0.4, -0.2) is 107 Å². The highest BCUT2D eigenvalue weighted by Gasteiger charge is 2.31. The van der Waals surface area contributed by atoms with Gasteiger partial charge in [-0.05, 0) is 75.5 Å². The van der Waals surface area contributed by atoms with Gasteiger partial charge in [-0.25, -0.2) is 16.8 Å². The van der Waals surface area contributed by atoms with Gasteiger partial charge in [-0.2, -0.15) is 4.31 Å². The maximum Gasteiger partial charge on any atom is 0.237 e. The summed E-state index contributed by atoms with van der Waals surface area (Å²) in [6.45, 7) is 8.50. The summed E-state index contributed by atoms with van der Waals surface area (Å²) in [5.74, 6) is -0.141. The zero-order valence-electron chi connectivity index (χ0n) is 24.7. The first-order valence-corrected chi connectivity index (χ1v) is 18.0. The molecular formula is C30H46N4O5S2. The molecule has 2 aromatic rings. The van der Waals surface area contributed by atoms with Crippen molar-refractivity contribution in [2.45, 2.75) is 50.5 Å². The number of sulfone groups is 1. The number of likely N-dealkylation sites (N-methyl/N-ethyl adjacent to an activating group) is 1. The van der Waals surface area contributed by atoms with Gasteiger partial charge < -0.3 is 15.1 Å². The maximum absolute atomic E-state index is 12.8. The van der Waals surface area contributed by atoms with E-state index in [1.165, 1.54) is 16.1 Å². The van der Waals surface area contributed by atoms with Crippen molar-refractivity contribution in [2.75, 3.05) is 64.4 Å². The van der Waals surface area contributed by atoms with E-state index in [1.807, 2.05) is 30.3 Å². The minimum atomic E-state index is -3.48. The maximum atomic E-state index is 12.8. The van der Waals surface area contributed by atoms with Crippen LogP contribution in [0.4, 0.5) is 0 Å². The normalized spacial score (nSPS) is 15.9. The molecule has 3 rings (SSSR count). The van der Waals surface area contributed by atoms with Crippen LogP contribution in [0.15, 0.2) is 59.5 Å². The Morgan fingerprint density at radius 2 is 1.63 bits per heavy atom. The van der Waals surface area contributed by atoms with Crippen molar-refractivity contribution in [1.29, 1.82) is 0 Å². The lowest BCUT2D eigenvalue weighted by Crippen LogP contribution is -2.53. The van der Waals surface area contributed by atoms with Crippen molar-refractivity contribution in [3.8, 4) is 0 Å². The van der Waals surface area contributed by atoms with Crippen molar-refractivity contribution >= 4 is 25.8 Å². The molecule has 2 aromatic carbocycles. The molecule has 1 amide bonds. The molecule has 1 N–H and O–H groups in total. The van der Waals surface area contributed by atoms with Gasteiger partial charge in [-0.1, -0.05) is 49.4 Å². The van der Waals surface area contributed by atoms with Crippen LogP contribution in [-0.2, 0) is 37.5 Å². The van der Waals surface area contributed by atoms with E-state index in [9.17, 15) is 21.6 Å². The van der Waals surface area contributed by atoms with Crippen LogP contribution in [0.3, 0.4) is 0 Å². The van der Waals surface area contributed by atoms with Crippen LogP contribution >= 0.6 is 0 Å². The summed E-state index contributed by atoms with van der Waals surface area (Å²) < 4.78 is 50.3. The van der Waals surface area contributed by atoms with Crippen LogP contribution in [0.25, 0.3) is 0 Å². The minimum absolute atomic E-state index is 0.0119. The molecule has 0 saturated carbocycles. The van der Waals surface area contributed by atoms with Gasteiger partial charge >= 0.3 is 0 Å². The molecule has 1 aliphatic rings. The Balaban J connectivity index is 1.34.